The van der Waals surface area contributed by atoms with Crippen molar-refractivity contribution in [2.75, 3.05) is 0 Å². The van der Waals surface area contributed by atoms with Gasteiger partial charge in [0.05, 0.1) is 0 Å². The molecule has 0 fully saturated rings. The van der Waals surface area contributed by atoms with Gasteiger partial charge in [0.2, 0.25) is 0 Å². The Kier molecular flexibility index (Phi) is 3.45. The molecule has 0 aromatic carbocycles. The minimum absolute atomic E-state index is 0.551. The van der Waals surface area contributed by atoms with Gasteiger partial charge in [0.15, 0.2) is 0 Å². The first-order valence-electron chi connectivity index (χ1n) is 3.65. The summed E-state index contributed by atoms with van der Waals surface area (Å²) in [6, 6.07) is 0. The zero-order valence-corrected chi connectivity index (χ0v) is 9.07. The summed E-state index contributed by atoms with van der Waals surface area (Å²) in [5.74, 6) is 0.890. The molecule has 1 heterocycles. The first-order valence-corrected chi connectivity index (χ1v) is 5.34. The maximum atomic E-state index is 4.28. The molecule has 0 bridgehead atoms. The van der Waals surface area contributed by atoms with Crippen LogP contribution in [0.5, 0.6) is 0 Å². The highest BCUT2D eigenvalue weighted by Crippen LogP contribution is 2.14. The van der Waals surface area contributed by atoms with Crippen molar-refractivity contribution >= 4 is 27.5 Å². The van der Waals surface area contributed by atoms with Crippen molar-refractivity contribution in [1.29, 1.82) is 0 Å². The first-order chi connectivity index (χ1) is 5.22. The number of hydrogen-bond acceptors (Lipinski definition) is 3. The summed E-state index contributed by atoms with van der Waals surface area (Å²) in [5, 5.41) is 1.13. The SMILES string of the molecule is CCC(Br)Cc1nc(C)ns1. The molecule has 0 aliphatic rings. The van der Waals surface area contributed by atoms with Crippen molar-refractivity contribution in [1.82, 2.24) is 9.36 Å². The summed E-state index contributed by atoms with van der Waals surface area (Å²) in [7, 11) is 0. The molecule has 0 radical (unpaired) electrons. The van der Waals surface area contributed by atoms with Gasteiger partial charge in [0.25, 0.3) is 0 Å². The van der Waals surface area contributed by atoms with Crippen molar-refractivity contribution in [3.05, 3.63) is 10.8 Å². The van der Waals surface area contributed by atoms with Crippen LogP contribution in [0, 0.1) is 6.92 Å². The van der Waals surface area contributed by atoms with Crippen LogP contribution in [0.4, 0.5) is 0 Å². The minimum atomic E-state index is 0.551. The van der Waals surface area contributed by atoms with Crippen molar-refractivity contribution in [3.8, 4) is 0 Å². The summed E-state index contributed by atoms with van der Waals surface area (Å²) in [4.78, 5) is 4.83. The monoisotopic (exact) mass is 234 g/mol. The number of aryl methyl sites for hydroxylation is 1. The lowest BCUT2D eigenvalue weighted by atomic mass is 10.3. The van der Waals surface area contributed by atoms with E-state index in [1.54, 1.807) is 0 Å². The fourth-order valence-corrected chi connectivity index (χ4v) is 2.00. The van der Waals surface area contributed by atoms with Gasteiger partial charge in [-0.05, 0) is 24.9 Å². The molecule has 11 heavy (non-hydrogen) atoms. The molecule has 1 aromatic heterocycles. The molecular formula is C7H11BrN2S. The molecule has 0 aliphatic carbocycles. The fourth-order valence-electron chi connectivity index (χ4n) is 0.757. The van der Waals surface area contributed by atoms with E-state index in [9.17, 15) is 0 Å². The number of hydrogen-bond donors (Lipinski definition) is 0. The molecule has 0 amide bonds. The van der Waals surface area contributed by atoms with E-state index in [2.05, 4.69) is 32.2 Å². The van der Waals surface area contributed by atoms with E-state index in [1.165, 1.54) is 11.5 Å². The van der Waals surface area contributed by atoms with E-state index in [0.717, 1.165) is 23.7 Å². The number of alkyl halides is 1. The topological polar surface area (TPSA) is 25.8 Å². The number of nitrogens with zero attached hydrogens (tertiary/aromatic N) is 2. The van der Waals surface area contributed by atoms with Crippen LogP contribution in [-0.2, 0) is 6.42 Å². The number of aromatic nitrogens is 2. The Hall–Kier alpha value is 0.0400. The predicted molar refractivity (Wildman–Crippen MR) is 51.4 cm³/mol. The lowest BCUT2D eigenvalue weighted by Crippen LogP contribution is -1.99. The summed E-state index contributed by atoms with van der Waals surface area (Å²) < 4.78 is 4.11. The van der Waals surface area contributed by atoms with Crippen molar-refractivity contribution in [2.24, 2.45) is 0 Å². The molecule has 1 unspecified atom stereocenters. The molecule has 0 spiro atoms. The quantitative estimate of drug-likeness (QED) is 0.752. The zero-order chi connectivity index (χ0) is 8.27. The fraction of sp³-hybridized carbons (Fsp3) is 0.714. The van der Waals surface area contributed by atoms with Crippen molar-refractivity contribution in [2.45, 2.75) is 31.5 Å². The van der Waals surface area contributed by atoms with Gasteiger partial charge in [0, 0.05) is 11.2 Å². The normalized spacial score (nSPS) is 13.4. The van der Waals surface area contributed by atoms with Crippen LogP contribution in [0.25, 0.3) is 0 Å². The molecule has 1 rings (SSSR count). The predicted octanol–water partition coefficient (Wildman–Crippen LogP) is 2.56. The minimum Gasteiger partial charge on any atom is -0.225 e. The molecule has 2 nitrogen and oxygen atoms in total. The van der Waals surface area contributed by atoms with Gasteiger partial charge in [-0.25, -0.2) is 4.98 Å². The Morgan fingerprint density at radius 2 is 2.36 bits per heavy atom. The van der Waals surface area contributed by atoms with E-state index >= 15 is 0 Å². The third kappa shape index (κ3) is 2.87. The highest BCUT2D eigenvalue weighted by molar-refractivity contribution is 9.09. The molecule has 1 aromatic rings. The lowest BCUT2D eigenvalue weighted by Gasteiger charge is -2.00. The molecule has 0 saturated carbocycles. The van der Waals surface area contributed by atoms with Gasteiger partial charge in [-0.2, -0.15) is 4.37 Å². The lowest BCUT2D eigenvalue weighted by molar-refractivity contribution is 0.821. The first kappa shape index (κ1) is 9.13. The maximum Gasteiger partial charge on any atom is 0.139 e. The highest BCUT2D eigenvalue weighted by Gasteiger charge is 2.06. The Morgan fingerprint density at radius 1 is 1.64 bits per heavy atom. The second kappa shape index (κ2) is 4.16. The molecule has 0 aliphatic heterocycles. The highest BCUT2D eigenvalue weighted by atomic mass is 79.9. The van der Waals surface area contributed by atoms with Crippen molar-refractivity contribution < 1.29 is 0 Å². The van der Waals surface area contributed by atoms with E-state index < -0.39 is 0 Å². The van der Waals surface area contributed by atoms with Gasteiger partial charge >= 0.3 is 0 Å². The van der Waals surface area contributed by atoms with E-state index in [-0.39, 0.29) is 0 Å². The Morgan fingerprint density at radius 3 is 2.82 bits per heavy atom. The average molecular weight is 235 g/mol. The van der Waals surface area contributed by atoms with Crippen LogP contribution < -0.4 is 0 Å². The molecular weight excluding hydrogens is 224 g/mol. The summed E-state index contributed by atoms with van der Waals surface area (Å²) in [5.41, 5.74) is 0. The smallest absolute Gasteiger partial charge is 0.139 e. The Balaban J connectivity index is 2.50. The van der Waals surface area contributed by atoms with Crippen LogP contribution in [0.3, 0.4) is 0 Å². The number of rotatable bonds is 3. The van der Waals surface area contributed by atoms with Gasteiger partial charge in [0.1, 0.15) is 10.8 Å². The zero-order valence-electron chi connectivity index (χ0n) is 6.67. The van der Waals surface area contributed by atoms with Crippen LogP contribution in [0.15, 0.2) is 0 Å². The van der Waals surface area contributed by atoms with Crippen LogP contribution >= 0.6 is 27.5 Å². The molecule has 1 atom stereocenters. The van der Waals surface area contributed by atoms with E-state index in [4.69, 9.17) is 0 Å². The van der Waals surface area contributed by atoms with Crippen LogP contribution in [0.1, 0.15) is 24.2 Å². The summed E-state index contributed by atoms with van der Waals surface area (Å²) in [6.07, 6.45) is 2.14. The third-order valence-electron chi connectivity index (χ3n) is 1.41. The standard InChI is InChI=1S/C7H11BrN2S/c1-3-6(8)4-7-9-5(2)10-11-7/h6H,3-4H2,1-2H3. The van der Waals surface area contributed by atoms with Gasteiger partial charge in [-0.3, -0.25) is 0 Å². The van der Waals surface area contributed by atoms with E-state index in [1.807, 2.05) is 6.92 Å². The molecule has 4 heteroatoms. The second-order valence-electron chi connectivity index (χ2n) is 2.44. The van der Waals surface area contributed by atoms with Crippen LogP contribution in [-0.4, -0.2) is 14.2 Å². The Bertz CT molecular complexity index is 224. The van der Waals surface area contributed by atoms with Gasteiger partial charge in [-0.1, -0.05) is 22.9 Å². The number of halogens is 1. The third-order valence-corrected chi connectivity index (χ3v) is 3.20. The molecule has 62 valence electrons. The summed E-state index contributed by atoms with van der Waals surface area (Å²) >= 11 is 5.06. The van der Waals surface area contributed by atoms with E-state index in [0.29, 0.717) is 4.83 Å². The van der Waals surface area contributed by atoms with Gasteiger partial charge < -0.3 is 0 Å². The summed E-state index contributed by atoms with van der Waals surface area (Å²) in [6.45, 7) is 4.09. The van der Waals surface area contributed by atoms with Gasteiger partial charge in [-0.15, -0.1) is 0 Å². The van der Waals surface area contributed by atoms with Crippen LogP contribution in [0.2, 0.25) is 0 Å². The van der Waals surface area contributed by atoms with Crippen molar-refractivity contribution in [3.63, 3.8) is 0 Å². The molecule has 0 saturated heterocycles. The second-order valence-corrected chi connectivity index (χ2v) is 4.58. The maximum absolute atomic E-state index is 4.28. The largest absolute Gasteiger partial charge is 0.225 e. The molecule has 0 N–H and O–H groups in total. The average Bonchev–Trinajstić information content (AvgIpc) is 2.35. The Labute approximate surface area is 79.3 Å².